The lowest BCUT2D eigenvalue weighted by atomic mass is 10.1. The molecule has 2 N–H and O–H groups in total. The van der Waals surface area contributed by atoms with Gasteiger partial charge < -0.3 is 15.5 Å². The van der Waals surface area contributed by atoms with Crippen molar-refractivity contribution in [2.75, 3.05) is 51.6 Å². The van der Waals surface area contributed by atoms with Gasteiger partial charge in [-0.25, -0.2) is 0 Å². The number of carbonyl (C=O) groups is 2. The van der Waals surface area contributed by atoms with Gasteiger partial charge in [0, 0.05) is 52.3 Å². The molecule has 2 amide bonds. The molecule has 1 fully saturated rings. The number of nitro groups is 1. The van der Waals surface area contributed by atoms with E-state index < -0.39 is 22.4 Å². The third-order valence-corrected chi connectivity index (χ3v) is 4.55. The van der Waals surface area contributed by atoms with E-state index >= 15 is 0 Å². The van der Waals surface area contributed by atoms with Crippen LogP contribution in [0.1, 0.15) is 12.0 Å². The molecule has 2 rings (SSSR count). The third-order valence-electron chi connectivity index (χ3n) is 4.55. The normalized spacial score (nSPS) is 15.1. The highest BCUT2D eigenvalue weighted by atomic mass is 19.4. The van der Waals surface area contributed by atoms with Crippen LogP contribution in [0.15, 0.2) is 18.2 Å². The quantitative estimate of drug-likeness (QED) is 0.512. The van der Waals surface area contributed by atoms with Crippen LogP contribution in [0.25, 0.3) is 0 Å². The summed E-state index contributed by atoms with van der Waals surface area (Å²) in [5.41, 5.74) is -1.89. The van der Waals surface area contributed by atoms with E-state index in [0.29, 0.717) is 32.2 Å². The van der Waals surface area contributed by atoms with Gasteiger partial charge in [-0.2, -0.15) is 13.2 Å². The molecule has 0 spiro atoms. The molecule has 0 aliphatic carbocycles. The topological polar surface area (TPSA) is 108 Å². The minimum Gasteiger partial charge on any atom is -0.379 e. The Morgan fingerprint density at radius 3 is 2.41 bits per heavy atom. The Kier molecular flexibility index (Phi) is 7.37. The first-order chi connectivity index (χ1) is 13.6. The Balaban J connectivity index is 1.86. The van der Waals surface area contributed by atoms with Crippen LogP contribution in [-0.4, -0.2) is 72.9 Å². The average molecular weight is 417 g/mol. The van der Waals surface area contributed by atoms with Crippen molar-refractivity contribution in [1.82, 2.24) is 15.1 Å². The number of likely N-dealkylation sites (N-methyl/N-ethyl adjacent to an activating group) is 1. The van der Waals surface area contributed by atoms with Crippen LogP contribution in [0.3, 0.4) is 0 Å². The van der Waals surface area contributed by atoms with Gasteiger partial charge in [0.05, 0.1) is 17.0 Å². The van der Waals surface area contributed by atoms with E-state index in [0.717, 1.165) is 12.1 Å². The lowest BCUT2D eigenvalue weighted by molar-refractivity contribution is -0.384. The van der Waals surface area contributed by atoms with Gasteiger partial charge in [-0.15, -0.1) is 0 Å². The molecule has 1 heterocycles. The maximum Gasteiger partial charge on any atom is 0.416 e. The number of carbonyl (C=O) groups excluding carboxylic acids is 2. The zero-order valence-corrected chi connectivity index (χ0v) is 15.8. The second-order valence-corrected chi connectivity index (χ2v) is 6.49. The van der Waals surface area contributed by atoms with E-state index in [1.807, 2.05) is 4.90 Å². The molecule has 0 aromatic heterocycles. The Bertz CT molecular complexity index is 764. The number of nitro benzene ring substituents is 1. The van der Waals surface area contributed by atoms with Gasteiger partial charge >= 0.3 is 6.18 Å². The fourth-order valence-electron chi connectivity index (χ4n) is 2.91. The summed E-state index contributed by atoms with van der Waals surface area (Å²) in [6, 6.07) is 2.21. The Labute approximate surface area is 165 Å². The van der Waals surface area contributed by atoms with Crippen LogP contribution in [0.5, 0.6) is 0 Å². The second kappa shape index (κ2) is 9.54. The van der Waals surface area contributed by atoms with Crippen molar-refractivity contribution in [3.8, 4) is 0 Å². The number of alkyl halides is 3. The average Bonchev–Trinajstić information content (AvgIpc) is 2.67. The number of nitrogens with one attached hydrogen (secondary N) is 2. The molecule has 29 heavy (non-hydrogen) atoms. The third kappa shape index (κ3) is 6.31. The molecule has 9 nitrogen and oxygen atoms in total. The van der Waals surface area contributed by atoms with E-state index in [2.05, 4.69) is 10.6 Å². The van der Waals surface area contributed by atoms with E-state index in [4.69, 9.17) is 0 Å². The summed E-state index contributed by atoms with van der Waals surface area (Å²) < 4.78 is 38.2. The van der Waals surface area contributed by atoms with Crippen LogP contribution >= 0.6 is 0 Å². The molecule has 12 heteroatoms. The maximum absolute atomic E-state index is 12.7. The van der Waals surface area contributed by atoms with E-state index in [1.165, 1.54) is 0 Å². The zero-order chi connectivity index (χ0) is 21.6. The molecule has 0 atom stereocenters. The van der Waals surface area contributed by atoms with Crippen molar-refractivity contribution < 1.29 is 27.7 Å². The molecular weight excluding hydrogens is 395 g/mol. The number of amides is 2. The summed E-state index contributed by atoms with van der Waals surface area (Å²) in [5, 5.41) is 16.3. The minimum atomic E-state index is -4.68. The highest BCUT2D eigenvalue weighted by Gasteiger charge is 2.33. The lowest BCUT2D eigenvalue weighted by Gasteiger charge is -2.34. The summed E-state index contributed by atoms with van der Waals surface area (Å²) in [4.78, 5) is 37.4. The molecule has 0 unspecified atom stereocenters. The highest BCUT2D eigenvalue weighted by Crippen LogP contribution is 2.34. The van der Waals surface area contributed by atoms with E-state index in [-0.39, 0.29) is 37.0 Å². The maximum atomic E-state index is 12.7. The van der Waals surface area contributed by atoms with Gasteiger partial charge in [0.25, 0.3) is 5.69 Å². The van der Waals surface area contributed by atoms with Gasteiger partial charge in [0.15, 0.2) is 0 Å². The summed E-state index contributed by atoms with van der Waals surface area (Å²) in [7, 11) is 1.55. The molecule has 160 valence electrons. The number of rotatable bonds is 7. The Morgan fingerprint density at radius 1 is 1.21 bits per heavy atom. The lowest BCUT2D eigenvalue weighted by Crippen LogP contribution is -2.51. The minimum absolute atomic E-state index is 0.0353. The van der Waals surface area contributed by atoms with Crippen LogP contribution in [0.4, 0.5) is 24.5 Å². The van der Waals surface area contributed by atoms with Gasteiger partial charge in [-0.05, 0) is 12.1 Å². The molecule has 1 aromatic rings. The van der Waals surface area contributed by atoms with Crippen molar-refractivity contribution in [3.05, 3.63) is 33.9 Å². The van der Waals surface area contributed by atoms with Crippen molar-refractivity contribution in [2.24, 2.45) is 0 Å². The van der Waals surface area contributed by atoms with Crippen molar-refractivity contribution in [1.29, 1.82) is 0 Å². The number of benzene rings is 1. The largest absolute Gasteiger partial charge is 0.416 e. The summed E-state index contributed by atoms with van der Waals surface area (Å²) in [5.74, 6) is -0.279. The number of nitrogens with zero attached hydrogens (tertiary/aromatic N) is 3. The van der Waals surface area contributed by atoms with Crippen molar-refractivity contribution in [2.45, 2.75) is 12.6 Å². The molecule has 0 radical (unpaired) electrons. The van der Waals surface area contributed by atoms with Gasteiger partial charge in [0.2, 0.25) is 11.8 Å². The predicted molar refractivity (Wildman–Crippen MR) is 98.3 cm³/mol. The SMILES string of the molecule is CNC(=O)CN1CCN(C(=O)CCNc2ccc(C(F)(F)F)cc2[N+](=O)[O-])CC1. The van der Waals surface area contributed by atoms with E-state index in [1.54, 1.807) is 11.9 Å². The Morgan fingerprint density at radius 2 is 1.86 bits per heavy atom. The monoisotopic (exact) mass is 417 g/mol. The van der Waals surface area contributed by atoms with Crippen molar-refractivity contribution >= 4 is 23.2 Å². The number of anilines is 1. The smallest absolute Gasteiger partial charge is 0.379 e. The van der Waals surface area contributed by atoms with Crippen molar-refractivity contribution in [3.63, 3.8) is 0 Å². The second-order valence-electron chi connectivity index (χ2n) is 6.49. The first-order valence-corrected chi connectivity index (χ1v) is 8.92. The van der Waals surface area contributed by atoms with Crippen LogP contribution in [0, 0.1) is 10.1 Å². The zero-order valence-electron chi connectivity index (χ0n) is 15.8. The number of hydrogen-bond donors (Lipinski definition) is 2. The number of halogens is 3. The van der Waals surface area contributed by atoms with Gasteiger partial charge in [-0.1, -0.05) is 0 Å². The molecule has 1 saturated heterocycles. The summed E-state index contributed by atoms with van der Waals surface area (Å²) in [6.45, 7) is 2.32. The molecular formula is C17H22F3N5O4. The van der Waals surface area contributed by atoms with Crippen LogP contribution < -0.4 is 10.6 Å². The Hall–Kier alpha value is -2.89. The highest BCUT2D eigenvalue weighted by molar-refractivity contribution is 5.78. The predicted octanol–water partition coefficient (Wildman–Crippen LogP) is 1.31. The molecule has 1 aliphatic rings. The molecule has 1 aliphatic heterocycles. The van der Waals surface area contributed by atoms with Gasteiger partial charge in [-0.3, -0.25) is 24.6 Å². The molecule has 0 saturated carbocycles. The van der Waals surface area contributed by atoms with Crippen LogP contribution in [-0.2, 0) is 15.8 Å². The van der Waals surface area contributed by atoms with E-state index in [9.17, 15) is 32.9 Å². The standard InChI is InChI=1S/C17H22F3N5O4/c1-21-15(26)11-23-6-8-24(9-7-23)16(27)4-5-22-13-3-2-12(17(18,19)20)10-14(13)25(28)29/h2-3,10,22H,4-9,11H2,1H3,(H,21,26). The molecule has 0 bridgehead atoms. The number of hydrogen-bond acceptors (Lipinski definition) is 6. The van der Waals surface area contributed by atoms with Crippen LogP contribution in [0.2, 0.25) is 0 Å². The van der Waals surface area contributed by atoms with Gasteiger partial charge in [0.1, 0.15) is 5.69 Å². The summed E-state index contributed by atoms with van der Waals surface area (Å²) in [6.07, 6.45) is -4.65. The summed E-state index contributed by atoms with van der Waals surface area (Å²) >= 11 is 0. The first kappa shape index (κ1) is 22.4. The number of piperazine rings is 1. The molecule has 1 aromatic carbocycles. The fraction of sp³-hybridized carbons (Fsp3) is 0.529. The fourth-order valence-corrected chi connectivity index (χ4v) is 2.91. The first-order valence-electron chi connectivity index (χ1n) is 8.92.